The summed E-state index contributed by atoms with van der Waals surface area (Å²) in [5, 5.41) is 12.1. The highest BCUT2D eigenvalue weighted by atomic mass is 15.3. The summed E-state index contributed by atoms with van der Waals surface area (Å²) in [5.41, 5.74) is 3.22. The van der Waals surface area contributed by atoms with Crippen LogP contribution in [0.1, 0.15) is 23.0 Å². The molecule has 0 saturated heterocycles. The Morgan fingerprint density at radius 1 is 1.25 bits per heavy atom. The highest BCUT2D eigenvalue weighted by Gasteiger charge is 2.18. The molecule has 2 rings (SSSR count). The molecule has 0 spiro atoms. The fourth-order valence-electron chi connectivity index (χ4n) is 1.95. The van der Waals surface area contributed by atoms with Gasteiger partial charge in [-0.3, -0.25) is 9.36 Å². The lowest BCUT2D eigenvalue weighted by Gasteiger charge is -2.12. The summed E-state index contributed by atoms with van der Waals surface area (Å²) in [4.78, 5) is 0. The van der Waals surface area contributed by atoms with Gasteiger partial charge in [0.2, 0.25) is 0 Å². The maximum absolute atomic E-state index is 4.43. The number of rotatable bonds is 3. The molecule has 0 amide bonds. The second-order valence-corrected chi connectivity index (χ2v) is 3.98. The van der Waals surface area contributed by atoms with Crippen LogP contribution in [0.25, 0.3) is 0 Å². The number of aryl methyl sites for hydroxylation is 3. The zero-order valence-corrected chi connectivity index (χ0v) is 10.1. The van der Waals surface area contributed by atoms with E-state index in [0.717, 1.165) is 11.4 Å². The average molecular weight is 219 g/mol. The number of nitrogens with one attached hydrogen (secondary N) is 1. The van der Waals surface area contributed by atoms with Gasteiger partial charge in [-0.2, -0.15) is 10.2 Å². The molecule has 0 fully saturated rings. The van der Waals surface area contributed by atoms with Gasteiger partial charge in [-0.25, -0.2) is 0 Å². The van der Waals surface area contributed by atoms with E-state index in [2.05, 4.69) is 15.5 Å². The van der Waals surface area contributed by atoms with Gasteiger partial charge in [-0.05, 0) is 20.0 Å². The lowest BCUT2D eigenvalue weighted by molar-refractivity contribution is 0.639. The molecule has 0 radical (unpaired) electrons. The van der Waals surface area contributed by atoms with Crippen LogP contribution in [0.3, 0.4) is 0 Å². The Balaban J connectivity index is 2.40. The monoisotopic (exact) mass is 219 g/mol. The minimum absolute atomic E-state index is 0.106. The first-order valence-corrected chi connectivity index (χ1v) is 5.28. The van der Waals surface area contributed by atoms with Crippen LogP contribution in [0.2, 0.25) is 0 Å². The van der Waals surface area contributed by atoms with Crippen molar-refractivity contribution in [1.82, 2.24) is 24.9 Å². The SMILES string of the molecule is CNC(c1ccn(C)n1)c1cn(C)nc1C. The van der Waals surface area contributed by atoms with E-state index in [1.54, 1.807) is 0 Å². The van der Waals surface area contributed by atoms with Crippen molar-refractivity contribution in [2.24, 2.45) is 14.1 Å². The molecule has 0 aliphatic rings. The van der Waals surface area contributed by atoms with Crippen molar-refractivity contribution in [2.75, 3.05) is 7.05 Å². The topological polar surface area (TPSA) is 47.7 Å². The quantitative estimate of drug-likeness (QED) is 0.829. The third-order valence-electron chi connectivity index (χ3n) is 2.68. The molecule has 1 unspecified atom stereocenters. The summed E-state index contributed by atoms with van der Waals surface area (Å²) in [7, 11) is 5.79. The van der Waals surface area contributed by atoms with E-state index in [1.165, 1.54) is 5.56 Å². The average Bonchev–Trinajstić information content (AvgIpc) is 2.76. The summed E-state index contributed by atoms with van der Waals surface area (Å²) < 4.78 is 3.64. The Morgan fingerprint density at radius 3 is 2.44 bits per heavy atom. The maximum atomic E-state index is 4.43. The van der Waals surface area contributed by atoms with Crippen molar-refractivity contribution in [3.8, 4) is 0 Å². The molecule has 1 atom stereocenters. The maximum Gasteiger partial charge on any atom is 0.0840 e. The van der Waals surface area contributed by atoms with Gasteiger partial charge in [0.15, 0.2) is 0 Å². The van der Waals surface area contributed by atoms with Crippen LogP contribution in [0.4, 0.5) is 0 Å². The van der Waals surface area contributed by atoms with Gasteiger partial charge in [0.1, 0.15) is 0 Å². The first kappa shape index (κ1) is 10.9. The summed E-state index contributed by atoms with van der Waals surface area (Å²) in [6.45, 7) is 2.02. The summed E-state index contributed by atoms with van der Waals surface area (Å²) in [5.74, 6) is 0. The Morgan fingerprint density at radius 2 is 2.00 bits per heavy atom. The molecule has 5 nitrogen and oxygen atoms in total. The molecule has 16 heavy (non-hydrogen) atoms. The first-order chi connectivity index (χ1) is 7.61. The van der Waals surface area contributed by atoms with Crippen molar-refractivity contribution in [3.05, 3.63) is 35.4 Å². The van der Waals surface area contributed by atoms with Crippen molar-refractivity contribution in [2.45, 2.75) is 13.0 Å². The Bertz CT molecular complexity index is 482. The lowest BCUT2D eigenvalue weighted by Crippen LogP contribution is -2.18. The number of nitrogens with zero attached hydrogens (tertiary/aromatic N) is 4. The van der Waals surface area contributed by atoms with E-state index in [4.69, 9.17) is 0 Å². The Hall–Kier alpha value is -1.62. The van der Waals surface area contributed by atoms with Crippen LogP contribution >= 0.6 is 0 Å². The molecule has 0 bridgehead atoms. The zero-order valence-electron chi connectivity index (χ0n) is 10.1. The van der Waals surface area contributed by atoms with Crippen LogP contribution in [0.15, 0.2) is 18.5 Å². The molecule has 5 heteroatoms. The van der Waals surface area contributed by atoms with Crippen LogP contribution in [0.5, 0.6) is 0 Å². The molecule has 0 aliphatic carbocycles. The lowest BCUT2D eigenvalue weighted by atomic mass is 10.1. The van der Waals surface area contributed by atoms with Gasteiger partial charge in [-0.1, -0.05) is 0 Å². The van der Waals surface area contributed by atoms with Crippen LogP contribution in [-0.4, -0.2) is 26.6 Å². The van der Waals surface area contributed by atoms with E-state index < -0.39 is 0 Å². The minimum atomic E-state index is 0.106. The van der Waals surface area contributed by atoms with Crippen LogP contribution in [-0.2, 0) is 14.1 Å². The third kappa shape index (κ3) is 1.86. The molecule has 2 aromatic rings. The van der Waals surface area contributed by atoms with E-state index in [0.29, 0.717) is 0 Å². The predicted octanol–water partition coefficient (Wildman–Crippen LogP) is 0.771. The Labute approximate surface area is 95.1 Å². The van der Waals surface area contributed by atoms with Crippen molar-refractivity contribution in [3.63, 3.8) is 0 Å². The summed E-state index contributed by atoms with van der Waals surface area (Å²) in [6.07, 6.45) is 3.98. The molecule has 0 aromatic carbocycles. The van der Waals surface area contributed by atoms with Crippen molar-refractivity contribution >= 4 is 0 Å². The molecule has 2 aromatic heterocycles. The minimum Gasteiger partial charge on any atom is -0.308 e. The summed E-state index contributed by atoms with van der Waals surface area (Å²) >= 11 is 0. The smallest absolute Gasteiger partial charge is 0.0840 e. The number of hydrogen-bond acceptors (Lipinski definition) is 3. The van der Waals surface area contributed by atoms with Crippen LogP contribution in [0, 0.1) is 6.92 Å². The van der Waals surface area contributed by atoms with Gasteiger partial charge in [-0.15, -0.1) is 0 Å². The fraction of sp³-hybridized carbons (Fsp3) is 0.455. The van der Waals surface area contributed by atoms with Crippen molar-refractivity contribution < 1.29 is 0 Å². The number of hydrogen-bond donors (Lipinski definition) is 1. The predicted molar refractivity (Wildman–Crippen MR) is 62.1 cm³/mol. The van der Waals surface area contributed by atoms with Gasteiger partial charge < -0.3 is 5.32 Å². The highest BCUT2D eigenvalue weighted by Crippen LogP contribution is 2.22. The van der Waals surface area contributed by atoms with Gasteiger partial charge in [0.25, 0.3) is 0 Å². The fourth-order valence-corrected chi connectivity index (χ4v) is 1.95. The van der Waals surface area contributed by atoms with E-state index in [-0.39, 0.29) is 6.04 Å². The molecule has 2 heterocycles. The van der Waals surface area contributed by atoms with E-state index in [9.17, 15) is 0 Å². The van der Waals surface area contributed by atoms with Crippen LogP contribution < -0.4 is 5.32 Å². The van der Waals surface area contributed by atoms with E-state index in [1.807, 2.05) is 55.9 Å². The van der Waals surface area contributed by atoms with Gasteiger partial charge in [0, 0.05) is 32.1 Å². The van der Waals surface area contributed by atoms with Gasteiger partial charge >= 0.3 is 0 Å². The number of aromatic nitrogens is 4. The molecule has 86 valence electrons. The Kier molecular flexibility index (Phi) is 2.78. The summed E-state index contributed by atoms with van der Waals surface area (Å²) in [6, 6.07) is 2.13. The zero-order chi connectivity index (χ0) is 11.7. The third-order valence-corrected chi connectivity index (χ3v) is 2.68. The van der Waals surface area contributed by atoms with E-state index >= 15 is 0 Å². The molecular weight excluding hydrogens is 202 g/mol. The molecule has 0 saturated carbocycles. The second kappa shape index (κ2) is 4.09. The van der Waals surface area contributed by atoms with Gasteiger partial charge in [0.05, 0.1) is 17.4 Å². The molecular formula is C11H17N5. The second-order valence-electron chi connectivity index (χ2n) is 3.98. The standard InChI is InChI=1S/C11H17N5/c1-8-9(7-16(4)13-8)11(12-2)10-5-6-15(3)14-10/h5-7,11-12H,1-4H3. The normalized spacial score (nSPS) is 13.0. The molecule has 1 N–H and O–H groups in total. The van der Waals surface area contributed by atoms with Crippen molar-refractivity contribution in [1.29, 1.82) is 0 Å². The first-order valence-electron chi connectivity index (χ1n) is 5.28. The largest absolute Gasteiger partial charge is 0.308 e. The highest BCUT2D eigenvalue weighted by molar-refractivity contribution is 5.28. The molecule has 0 aliphatic heterocycles.